The van der Waals surface area contributed by atoms with E-state index in [1.807, 2.05) is 23.2 Å². The van der Waals surface area contributed by atoms with Crippen LogP contribution in [0.1, 0.15) is 31.2 Å². The molecule has 21 heavy (non-hydrogen) atoms. The second-order valence-electron chi connectivity index (χ2n) is 6.12. The highest BCUT2D eigenvalue weighted by atomic mass is 32.1. The predicted molar refractivity (Wildman–Crippen MR) is 85.4 cm³/mol. The van der Waals surface area contributed by atoms with E-state index in [9.17, 15) is 4.79 Å². The Morgan fingerprint density at radius 3 is 2.81 bits per heavy atom. The molecule has 0 aromatic carbocycles. The molecular formula is C16H21N3OS. The van der Waals surface area contributed by atoms with Gasteiger partial charge in [-0.15, -0.1) is 0 Å². The van der Waals surface area contributed by atoms with Crippen LogP contribution in [0.15, 0.2) is 24.5 Å². The van der Waals surface area contributed by atoms with Crippen molar-refractivity contribution >= 4 is 23.1 Å². The SMILES string of the molecule is NC(=S)CCN(Cc1cccnc1)C(=O)C1C2CCCC21. The van der Waals surface area contributed by atoms with Crippen molar-refractivity contribution in [2.24, 2.45) is 23.5 Å². The van der Waals surface area contributed by atoms with E-state index in [0.717, 1.165) is 5.56 Å². The third-order valence-corrected chi connectivity index (χ3v) is 4.93. The number of nitrogens with zero attached hydrogens (tertiary/aromatic N) is 2. The lowest BCUT2D eigenvalue weighted by atomic mass is 10.1. The summed E-state index contributed by atoms with van der Waals surface area (Å²) in [5.41, 5.74) is 6.65. The van der Waals surface area contributed by atoms with Gasteiger partial charge < -0.3 is 10.6 Å². The van der Waals surface area contributed by atoms with E-state index in [0.29, 0.717) is 36.3 Å². The third-order valence-electron chi connectivity index (χ3n) is 4.73. The van der Waals surface area contributed by atoms with Crippen LogP contribution in [0.3, 0.4) is 0 Å². The molecule has 0 spiro atoms. The minimum atomic E-state index is 0.252. The fourth-order valence-electron chi connectivity index (χ4n) is 3.62. The number of pyridine rings is 1. The maximum atomic E-state index is 12.8. The van der Waals surface area contributed by atoms with Crippen molar-refractivity contribution in [3.8, 4) is 0 Å². The van der Waals surface area contributed by atoms with Crippen LogP contribution in [-0.4, -0.2) is 27.3 Å². The van der Waals surface area contributed by atoms with Crippen molar-refractivity contribution in [2.75, 3.05) is 6.54 Å². The second kappa shape index (κ2) is 6.10. The maximum Gasteiger partial charge on any atom is 0.226 e. The van der Waals surface area contributed by atoms with E-state index in [2.05, 4.69) is 4.98 Å². The lowest BCUT2D eigenvalue weighted by Crippen LogP contribution is -2.35. The Morgan fingerprint density at radius 1 is 1.43 bits per heavy atom. The van der Waals surface area contributed by atoms with Gasteiger partial charge in [0.1, 0.15) is 0 Å². The molecular weight excluding hydrogens is 282 g/mol. The molecule has 2 saturated carbocycles. The van der Waals surface area contributed by atoms with Gasteiger partial charge in [-0.2, -0.15) is 0 Å². The van der Waals surface area contributed by atoms with Crippen LogP contribution in [0.5, 0.6) is 0 Å². The van der Waals surface area contributed by atoms with Crippen molar-refractivity contribution < 1.29 is 4.79 Å². The summed E-state index contributed by atoms with van der Waals surface area (Å²) in [5.74, 6) is 1.81. The molecule has 5 heteroatoms. The molecule has 2 N–H and O–H groups in total. The summed E-state index contributed by atoms with van der Waals surface area (Å²) in [6, 6.07) is 3.90. The monoisotopic (exact) mass is 303 g/mol. The zero-order chi connectivity index (χ0) is 14.8. The first-order valence-corrected chi connectivity index (χ1v) is 8.03. The maximum absolute atomic E-state index is 12.8. The highest BCUT2D eigenvalue weighted by Crippen LogP contribution is 2.58. The molecule has 2 unspecified atom stereocenters. The van der Waals surface area contributed by atoms with Crippen LogP contribution in [0.25, 0.3) is 0 Å². The molecule has 0 bridgehead atoms. The van der Waals surface area contributed by atoms with Gasteiger partial charge in [-0.1, -0.05) is 24.7 Å². The molecule has 1 amide bonds. The first-order valence-electron chi connectivity index (χ1n) is 7.63. The minimum Gasteiger partial charge on any atom is -0.393 e. The molecule has 2 fully saturated rings. The average molecular weight is 303 g/mol. The smallest absolute Gasteiger partial charge is 0.226 e. The number of aromatic nitrogens is 1. The predicted octanol–water partition coefficient (Wildman–Crippen LogP) is 2.13. The van der Waals surface area contributed by atoms with Crippen LogP contribution < -0.4 is 5.73 Å². The second-order valence-corrected chi connectivity index (χ2v) is 6.65. The molecule has 1 aromatic rings. The molecule has 3 rings (SSSR count). The summed E-state index contributed by atoms with van der Waals surface area (Å²) in [4.78, 5) is 19.3. The Bertz CT molecular complexity index is 524. The highest BCUT2D eigenvalue weighted by Gasteiger charge is 2.57. The van der Waals surface area contributed by atoms with Gasteiger partial charge in [0.15, 0.2) is 0 Å². The van der Waals surface area contributed by atoms with Crippen molar-refractivity contribution in [3.05, 3.63) is 30.1 Å². The number of amides is 1. The summed E-state index contributed by atoms with van der Waals surface area (Å²) in [5, 5.41) is 0. The molecule has 2 atom stereocenters. The molecule has 112 valence electrons. The minimum absolute atomic E-state index is 0.252. The lowest BCUT2D eigenvalue weighted by Gasteiger charge is -2.23. The van der Waals surface area contributed by atoms with Crippen molar-refractivity contribution in [1.29, 1.82) is 0 Å². The number of fused-ring (bicyclic) bond motifs is 1. The van der Waals surface area contributed by atoms with Gasteiger partial charge in [-0.3, -0.25) is 9.78 Å². The number of carbonyl (C=O) groups is 1. The first-order chi connectivity index (χ1) is 10.2. The molecule has 1 aromatic heterocycles. The molecule has 0 aliphatic heterocycles. The fourth-order valence-corrected chi connectivity index (χ4v) is 3.71. The number of hydrogen-bond acceptors (Lipinski definition) is 3. The molecule has 0 radical (unpaired) electrons. The Kier molecular flexibility index (Phi) is 4.19. The summed E-state index contributed by atoms with van der Waals surface area (Å²) in [7, 11) is 0. The molecule has 2 aliphatic carbocycles. The number of hydrogen-bond donors (Lipinski definition) is 1. The Balaban J connectivity index is 1.66. The molecule has 1 heterocycles. The largest absolute Gasteiger partial charge is 0.393 e. The quantitative estimate of drug-likeness (QED) is 0.818. The third kappa shape index (κ3) is 3.23. The van der Waals surface area contributed by atoms with Crippen LogP contribution in [0, 0.1) is 17.8 Å². The number of rotatable bonds is 6. The van der Waals surface area contributed by atoms with E-state index in [1.165, 1.54) is 19.3 Å². The van der Waals surface area contributed by atoms with E-state index >= 15 is 0 Å². The Hall–Kier alpha value is -1.49. The standard InChI is InChI=1S/C16H21N3OS/c17-14(21)6-8-19(10-11-3-2-7-18-9-11)16(20)15-12-4-1-5-13(12)15/h2-3,7,9,12-13,15H,1,4-6,8,10H2,(H2,17,21). The Morgan fingerprint density at radius 2 is 2.19 bits per heavy atom. The normalized spacial score (nSPS) is 26.2. The van der Waals surface area contributed by atoms with E-state index in [1.54, 1.807) is 6.20 Å². The topological polar surface area (TPSA) is 59.2 Å². The lowest BCUT2D eigenvalue weighted by molar-refractivity contribution is -0.134. The van der Waals surface area contributed by atoms with Gasteiger partial charge in [0, 0.05) is 37.8 Å². The van der Waals surface area contributed by atoms with Crippen LogP contribution in [0.2, 0.25) is 0 Å². The Labute approximate surface area is 130 Å². The van der Waals surface area contributed by atoms with E-state index in [-0.39, 0.29) is 11.8 Å². The van der Waals surface area contributed by atoms with Gasteiger partial charge in [0.2, 0.25) is 5.91 Å². The molecule has 2 aliphatic rings. The zero-order valence-corrected chi connectivity index (χ0v) is 12.9. The summed E-state index contributed by atoms with van der Waals surface area (Å²) < 4.78 is 0. The molecule has 0 saturated heterocycles. The van der Waals surface area contributed by atoms with Crippen molar-refractivity contribution in [2.45, 2.75) is 32.2 Å². The van der Waals surface area contributed by atoms with Crippen LogP contribution in [0.4, 0.5) is 0 Å². The van der Waals surface area contributed by atoms with Gasteiger partial charge in [-0.25, -0.2) is 0 Å². The zero-order valence-electron chi connectivity index (χ0n) is 12.1. The highest BCUT2D eigenvalue weighted by molar-refractivity contribution is 7.80. The van der Waals surface area contributed by atoms with Gasteiger partial charge >= 0.3 is 0 Å². The number of thiocarbonyl (C=S) groups is 1. The van der Waals surface area contributed by atoms with Gasteiger partial charge in [0.05, 0.1) is 4.99 Å². The van der Waals surface area contributed by atoms with Crippen LogP contribution in [-0.2, 0) is 11.3 Å². The fraction of sp³-hybridized carbons (Fsp3) is 0.562. The molecule has 4 nitrogen and oxygen atoms in total. The number of nitrogens with two attached hydrogens (primary N) is 1. The van der Waals surface area contributed by atoms with Crippen molar-refractivity contribution in [3.63, 3.8) is 0 Å². The average Bonchev–Trinajstić information content (AvgIpc) is 2.96. The van der Waals surface area contributed by atoms with E-state index < -0.39 is 0 Å². The van der Waals surface area contributed by atoms with Gasteiger partial charge in [0.25, 0.3) is 0 Å². The van der Waals surface area contributed by atoms with Gasteiger partial charge in [-0.05, 0) is 36.3 Å². The van der Waals surface area contributed by atoms with E-state index in [4.69, 9.17) is 18.0 Å². The summed E-state index contributed by atoms with van der Waals surface area (Å²) in [6.45, 7) is 1.21. The number of carbonyl (C=O) groups excluding carboxylic acids is 1. The summed E-state index contributed by atoms with van der Waals surface area (Å²) in [6.07, 6.45) is 7.87. The first kappa shape index (κ1) is 14.4. The summed E-state index contributed by atoms with van der Waals surface area (Å²) >= 11 is 4.95. The van der Waals surface area contributed by atoms with Crippen molar-refractivity contribution in [1.82, 2.24) is 9.88 Å². The van der Waals surface area contributed by atoms with Crippen LogP contribution >= 0.6 is 12.2 Å².